The summed E-state index contributed by atoms with van der Waals surface area (Å²) < 4.78 is 31.6. The van der Waals surface area contributed by atoms with Crippen molar-refractivity contribution in [1.29, 1.82) is 0 Å². The molecular weight excluding hydrogens is 258 g/mol. The Labute approximate surface area is 106 Å². The van der Waals surface area contributed by atoms with E-state index in [1.54, 1.807) is 0 Å². The second kappa shape index (κ2) is 5.35. The lowest BCUT2D eigenvalue weighted by molar-refractivity contribution is -0.00842. The van der Waals surface area contributed by atoms with Gasteiger partial charge in [0.1, 0.15) is 5.82 Å². The number of ether oxygens (including phenoxy) is 1. The topological polar surface area (TPSA) is 104 Å². The van der Waals surface area contributed by atoms with Crippen LogP contribution in [0.4, 0.5) is 0 Å². The Morgan fingerprint density at radius 3 is 3.06 bits per heavy atom. The van der Waals surface area contributed by atoms with Gasteiger partial charge in [0.05, 0.1) is 24.9 Å². The fourth-order valence-corrected chi connectivity index (χ4v) is 2.96. The number of sulfonamides is 1. The van der Waals surface area contributed by atoms with E-state index in [1.807, 2.05) is 6.92 Å². The van der Waals surface area contributed by atoms with Gasteiger partial charge in [0.25, 0.3) is 10.0 Å². The third kappa shape index (κ3) is 2.89. The highest BCUT2D eigenvalue weighted by atomic mass is 32.2. The van der Waals surface area contributed by atoms with E-state index >= 15 is 0 Å². The molecule has 18 heavy (non-hydrogen) atoms. The maximum absolute atomic E-state index is 12.0. The van der Waals surface area contributed by atoms with E-state index in [2.05, 4.69) is 14.7 Å². The van der Waals surface area contributed by atoms with Crippen molar-refractivity contribution in [3.63, 3.8) is 0 Å². The minimum atomic E-state index is -3.69. The van der Waals surface area contributed by atoms with Gasteiger partial charge in [0.2, 0.25) is 0 Å². The van der Waals surface area contributed by atoms with Crippen LogP contribution < -0.4 is 4.72 Å². The summed E-state index contributed by atoms with van der Waals surface area (Å²) in [5.41, 5.74) is 0. The van der Waals surface area contributed by atoms with Crippen molar-refractivity contribution in [2.45, 2.75) is 36.9 Å². The first kappa shape index (κ1) is 13.5. The van der Waals surface area contributed by atoms with E-state index in [1.165, 1.54) is 6.20 Å². The number of nitrogens with zero attached hydrogens (tertiary/aromatic N) is 1. The van der Waals surface area contributed by atoms with Crippen molar-refractivity contribution in [3.05, 3.63) is 12.0 Å². The Bertz CT molecular complexity index is 499. The van der Waals surface area contributed by atoms with Gasteiger partial charge in [-0.05, 0) is 6.42 Å². The molecule has 2 atom stereocenters. The molecule has 0 saturated carbocycles. The SMILES string of the molecule is CCc1ncc(S(=O)(=O)N[C@@H]2COCC[C@H]2O)[nH]1. The zero-order chi connectivity index (χ0) is 13.2. The van der Waals surface area contributed by atoms with Gasteiger partial charge in [-0.15, -0.1) is 0 Å². The molecule has 7 nitrogen and oxygen atoms in total. The third-order valence-corrected chi connectivity index (χ3v) is 4.26. The normalized spacial score (nSPS) is 25.2. The molecule has 1 saturated heterocycles. The number of nitrogens with one attached hydrogen (secondary N) is 2. The average molecular weight is 275 g/mol. The number of aromatic amines is 1. The highest BCUT2D eigenvalue weighted by Gasteiger charge is 2.29. The summed E-state index contributed by atoms with van der Waals surface area (Å²) in [6.45, 7) is 2.50. The van der Waals surface area contributed by atoms with Crippen LogP contribution in [0.2, 0.25) is 0 Å². The standard InChI is InChI=1S/C10H17N3O4S/c1-2-9-11-5-10(12-9)18(15,16)13-7-6-17-4-3-8(7)14/h5,7-8,13-14H,2-4,6H2,1H3,(H,11,12)/t7-,8-/m1/s1. The summed E-state index contributed by atoms with van der Waals surface area (Å²) in [7, 11) is -3.69. The molecule has 2 heterocycles. The van der Waals surface area contributed by atoms with E-state index < -0.39 is 22.2 Å². The molecule has 1 fully saturated rings. The Morgan fingerprint density at radius 2 is 2.44 bits per heavy atom. The van der Waals surface area contributed by atoms with Crippen LogP contribution in [-0.4, -0.2) is 48.9 Å². The number of imidazole rings is 1. The molecule has 2 rings (SSSR count). The number of hydrogen-bond acceptors (Lipinski definition) is 5. The van der Waals surface area contributed by atoms with Crippen molar-refractivity contribution in [2.75, 3.05) is 13.2 Å². The Hall–Kier alpha value is -0.960. The van der Waals surface area contributed by atoms with Gasteiger partial charge in [0.15, 0.2) is 5.03 Å². The number of aromatic nitrogens is 2. The largest absolute Gasteiger partial charge is 0.391 e. The van der Waals surface area contributed by atoms with E-state index in [4.69, 9.17) is 4.74 Å². The minimum Gasteiger partial charge on any atom is -0.391 e. The van der Waals surface area contributed by atoms with Gasteiger partial charge >= 0.3 is 0 Å². The lowest BCUT2D eigenvalue weighted by Gasteiger charge is -2.27. The second-order valence-corrected chi connectivity index (χ2v) is 5.89. The maximum atomic E-state index is 12.0. The van der Waals surface area contributed by atoms with Crippen molar-refractivity contribution >= 4 is 10.0 Å². The molecule has 102 valence electrons. The van der Waals surface area contributed by atoms with Crippen LogP contribution in [0, 0.1) is 0 Å². The van der Waals surface area contributed by atoms with Gasteiger partial charge in [-0.25, -0.2) is 18.1 Å². The van der Waals surface area contributed by atoms with Gasteiger partial charge in [-0.1, -0.05) is 6.92 Å². The molecule has 0 aliphatic carbocycles. The molecule has 1 aromatic heterocycles. The molecule has 1 aromatic rings. The number of rotatable bonds is 4. The highest BCUT2D eigenvalue weighted by Crippen LogP contribution is 2.12. The van der Waals surface area contributed by atoms with Crippen LogP contribution in [0.1, 0.15) is 19.2 Å². The second-order valence-electron chi connectivity index (χ2n) is 4.21. The van der Waals surface area contributed by atoms with Crippen molar-refractivity contribution < 1.29 is 18.3 Å². The molecule has 3 N–H and O–H groups in total. The first-order valence-electron chi connectivity index (χ1n) is 5.85. The van der Waals surface area contributed by atoms with Gasteiger partial charge in [0, 0.05) is 13.0 Å². The molecule has 0 radical (unpaired) electrons. The molecule has 0 amide bonds. The minimum absolute atomic E-state index is 0.0112. The summed E-state index contributed by atoms with van der Waals surface area (Å²) in [5.74, 6) is 0.607. The Balaban J connectivity index is 2.11. The van der Waals surface area contributed by atoms with Crippen LogP contribution in [0.5, 0.6) is 0 Å². The summed E-state index contributed by atoms with van der Waals surface area (Å²) in [4.78, 5) is 6.67. The van der Waals surface area contributed by atoms with Crippen LogP contribution in [0.15, 0.2) is 11.2 Å². The van der Waals surface area contributed by atoms with E-state index in [-0.39, 0.29) is 11.6 Å². The molecule has 8 heteroatoms. The molecule has 0 spiro atoms. The summed E-state index contributed by atoms with van der Waals surface area (Å²) in [5, 5.41) is 9.71. The Kier molecular flexibility index (Phi) is 4.00. The van der Waals surface area contributed by atoms with Crippen molar-refractivity contribution in [2.24, 2.45) is 0 Å². The molecule has 0 aromatic carbocycles. The van der Waals surface area contributed by atoms with E-state index in [9.17, 15) is 13.5 Å². The van der Waals surface area contributed by atoms with Crippen molar-refractivity contribution in [1.82, 2.24) is 14.7 Å². The lowest BCUT2D eigenvalue weighted by Crippen LogP contribution is -2.49. The van der Waals surface area contributed by atoms with Crippen LogP contribution in [-0.2, 0) is 21.2 Å². The smallest absolute Gasteiger partial charge is 0.258 e. The summed E-state index contributed by atoms with van der Waals surface area (Å²) in [6.07, 6.45) is 1.61. The molecule has 0 unspecified atom stereocenters. The first-order chi connectivity index (χ1) is 8.53. The quantitative estimate of drug-likeness (QED) is 0.680. The first-order valence-corrected chi connectivity index (χ1v) is 7.33. The molecule has 1 aliphatic rings. The highest BCUT2D eigenvalue weighted by molar-refractivity contribution is 7.89. The maximum Gasteiger partial charge on any atom is 0.258 e. The predicted molar refractivity (Wildman–Crippen MR) is 63.5 cm³/mol. The average Bonchev–Trinajstić information content (AvgIpc) is 2.81. The molecular formula is C10H17N3O4S. The van der Waals surface area contributed by atoms with E-state index in [0.717, 1.165) is 0 Å². The molecule has 1 aliphatic heterocycles. The van der Waals surface area contributed by atoms with Gasteiger partial charge in [-0.2, -0.15) is 0 Å². The Morgan fingerprint density at radius 1 is 1.67 bits per heavy atom. The summed E-state index contributed by atoms with van der Waals surface area (Å²) >= 11 is 0. The molecule has 0 bridgehead atoms. The van der Waals surface area contributed by atoms with Crippen LogP contribution in [0.25, 0.3) is 0 Å². The van der Waals surface area contributed by atoms with Crippen molar-refractivity contribution in [3.8, 4) is 0 Å². The zero-order valence-electron chi connectivity index (χ0n) is 10.1. The predicted octanol–water partition coefficient (Wildman–Crippen LogP) is -0.600. The number of aryl methyl sites for hydroxylation is 1. The lowest BCUT2D eigenvalue weighted by atomic mass is 10.1. The monoisotopic (exact) mass is 275 g/mol. The number of aliphatic hydroxyl groups excluding tert-OH is 1. The van der Waals surface area contributed by atoms with Crippen LogP contribution >= 0.6 is 0 Å². The van der Waals surface area contributed by atoms with Gasteiger partial charge in [-0.3, -0.25) is 0 Å². The van der Waals surface area contributed by atoms with E-state index in [0.29, 0.717) is 25.3 Å². The fourth-order valence-electron chi connectivity index (χ4n) is 1.76. The number of aliphatic hydroxyl groups is 1. The summed E-state index contributed by atoms with van der Waals surface area (Å²) in [6, 6.07) is -0.614. The number of H-pyrrole nitrogens is 1. The zero-order valence-corrected chi connectivity index (χ0v) is 10.9. The number of hydrogen-bond donors (Lipinski definition) is 3. The third-order valence-electron chi connectivity index (χ3n) is 2.86. The fraction of sp³-hybridized carbons (Fsp3) is 0.700. The van der Waals surface area contributed by atoms with Crippen LogP contribution in [0.3, 0.4) is 0 Å². The van der Waals surface area contributed by atoms with Gasteiger partial charge < -0.3 is 14.8 Å².